The molecule has 106 valence electrons. The van der Waals surface area contributed by atoms with Crippen LogP contribution in [-0.4, -0.2) is 9.97 Å². The molecule has 2 aromatic rings. The molecule has 2 rings (SSSR count). The molecule has 1 aromatic carbocycles. The second-order valence-corrected chi connectivity index (χ2v) is 6.25. The number of aromatic nitrogens is 2. The van der Waals surface area contributed by atoms with Gasteiger partial charge in [0.2, 0.25) is 0 Å². The van der Waals surface area contributed by atoms with E-state index in [4.69, 9.17) is 17.4 Å². The van der Waals surface area contributed by atoms with Crippen LogP contribution in [-0.2, 0) is 5.41 Å². The normalized spacial score (nSPS) is 11.5. The Labute approximate surface area is 124 Å². The van der Waals surface area contributed by atoms with Gasteiger partial charge in [-0.25, -0.2) is 15.8 Å². The molecule has 20 heavy (non-hydrogen) atoms. The Morgan fingerprint density at radius 3 is 2.40 bits per heavy atom. The van der Waals surface area contributed by atoms with E-state index in [-0.39, 0.29) is 5.41 Å². The Hall–Kier alpha value is -1.65. The van der Waals surface area contributed by atoms with E-state index in [1.807, 2.05) is 31.2 Å². The first-order chi connectivity index (χ1) is 9.31. The zero-order valence-electron chi connectivity index (χ0n) is 12.2. The van der Waals surface area contributed by atoms with Gasteiger partial charge in [0.25, 0.3) is 0 Å². The maximum Gasteiger partial charge on any atom is 0.162 e. The molecule has 0 fully saturated rings. The largest absolute Gasteiger partial charge is 0.308 e. The Bertz CT molecular complexity index is 632. The van der Waals surface area contributed by atoms with Crippen LogP contribution >= 0.6 is 11.6 Å². The van der Waals surface area contributed by atoms with Crippen LogP contribution < -0.4 is 11.3 Å². The van der Waals surface area contributed by atoms with E-state index in [9.17, 15) is 0 Å². The number of anilines is 1. The van der Waals surface area contributed by atoms with Crippen molar-refractivity contribution >= 4 is 17.4 Å². The third kappa shape index (κ3) is 3.08. The summed E-state index contributed by atoms with van der Waals surface area (Å²) in [7, 11) is 0. The van der Waals surface area contributed by atoms with E-state index in [1.165, 1.54) is 0 Å². The molecule has 4 nitrogen and oxygen atoms in total. The molecule has 0 radical (unpaired) electrons. The minimum absolute atomic E-state index is 0.0797. The smallest absolute Gasteiger partial charge is 0.162 e. The molecule has 1 heterocycles. The Balaban J connectivity index is 2.61. The minimum atomic E-state index is -0.0797. The number of halogens is 1. The van der Waals surface area contributed by atoms with Crippen molar-refractivity contribution in [2.75, 3.05) is 5.43 Å². The van der Waals surface area contributed by atoms with Crippen molar-refractivity contribution in [2.45, 2.75) is 33.1 Å². The van der Waals surface area contributed by atoms with Crippen molar-refractivity contribution in [3.8, 4) is 11.4 Å². The summed E-state index contributed by atoms with van der Waals surface area (Å²) in [6.07, 6.45) is 0. The van der Waals surface area contributed by atoms with Crippen molar-refractivity contribution in [3.63, 3.8) is 0 Å². The molecule has 5 heteroatoms. The van der Waals surface area contributed by atoms with Gasteiger partial charge in [-0.2, -0.15) is 0 Å². The molecule has 0 spiro atoms. The van der Waals surface area contributed by atoms with Gasteiger partial charge >= 0.3 is 0 Å². The van der Waals surface area contributed by atoms with Gasteiger partial charge in [0.1, 0.15) is 5.82 Å². The van der Waals surface area contributed by atoms with Gasteiger partial charge in [0, 0.05) is 22.1 Å². The number of hydrogen-bond acceptors (Lipinski definition) is 4. The van der Waals surface area contributed by atoms with Crippen molar-refractivity contribution in [3.05, 3.63) is 40.5 Å². The van der Waals surface area contributed by atoms with Gasteiger partial charge in [-0.1, -0.05) is 32.4 Å². The molecule has 0 aliphatic carbocycles. The van der Waals surface area contributed by atoms with Gasteiger partial charge in [-0.15, -0.1) is 0 Å². The fraction of sp³-hybridized carbons (Fsp3) is 0.333. The van der Waals surface area contributed by atoms with Crippen molar-refractivity contribution in [1.29, 1.82) is 0 Å². The summed E-state index contributed by atoms with van der Waals surface area (Å²) >= 11 is 5.99. The summed E-state index contributed by atoms with van der Waals surface area (Å²) < 4.78 is 0. The third-order valence-electron chi connectivity index (χ3n) is 3.07. The topological polar surface area (TPSA) is 63.8 Å². The van der Waals surface area contributed by atoms with Crippen molar-refractivity contribution < 1.29 is 0 Å². The fourth-order valence-electron chi connectivity index (χ4n) is 1.90. The number of benzene rings is 1. The van der Waals surface area contributed by atoms with Crippen LogP contribution in [0.4, 0.5) is 5.82 Å². The van der Waals surface area contributed by atoms with Crippen LogP contribution in [0.3, 0.4) is 0 Å². The van der Waals surface area contributed by atoms with E-state index in [0.29, 0.717) is 16.7 Å². The lowest BCUT2D eigenvalue weighted by Gasteiger charge is -2.19. The quantitative estimate of drug-likeness (QED) is 0.654. The third-order valence-corrected chi connectivity index (χ3v) is 3.31. The first kappa shape index (κ1) is 14.8. The molecule has 0 unspecified atom stereocenters. The van der Waals surface area contributed by atoms with E-state index in [1.54, 1.807) is 0 Å². The van der Waals surface area contributed by atoms with E-state index in [2.05, 4.69) is 36.2 Å². The molecular formula is C15H19ClN4. The zero-order chi connectivity index (χ0) is 14.9. The molecule has 1 aromatic heterocycles. The number of nitrogens with one attached hydrogen (secondary N) is 1. The molecule has 0 aliphatic rings. The number of hydrazine groups is 1. The van der Waals surface area contributed by atoms with E-state index < -0.39 is 0 Å². The maximum atomic E-state index is 5.99. The number of hydrogen-bond donors (Lipinski definition) is 2. The Morgan fingerprint density at radius 1 is 1.15 bits per heavy atom. The van der Waals surface area contributed by atoms with Crippen LogP contribution in [0.25, 0.3) is 11.4 Å². The number of nitrogen functional groups attached to an aromatic ring is 1. The molecule has 0 amide bonds. The Morgan fingerprint density at radius 2 is 1.85 bits per heavy atom. The summed E-state index contributed by atoms with van der Waals surface area (Å²) in [6, 6.07) is 7.54. The average Bonchev–Trinajstić information content (AvgIpc) is 2.37. The van der Waals surface area contributed by atoms with Gasteiger partial charge in [-0.05, 0) is 30.7 Å². The summed E-state index contributed by atoms with van der Waals surface area (Å²) in [5, 5.41) is 0.704. The lowest BCUT2D eigenvalue weighted by Crippen LogP contribution is -2.17. The van der Waals surface area contributed by atoms with Crippen LogP contribution in [0.1, 0.15) is 32.0 Å². The first-order valence-corrected chi connectivity index (χ1v) is 6.82. The highest BCUT2D eigenvalue weighted by molar-refractivity contribution is 6.30. The number of rotatable bonds is 2. The fourth-order valence-corrected chi connectivity index (χ4v) is 2.13. The predicted octanol–water partition coefficient (Wildman–Crippen LogP) is 3.69. The molecule has 0 bridgehead atoms. The first-order valence-electron chi connectivity index (χ1n) is 6.44. The van der Waals surface area contributed by atoms with Gasteiger partial charge in [0.15, 0.2) is 5.82 Å². The Kier molecular flexibility index (Phi) is 3.97. The summed E-state index contributed by atoms with van der Waals surface area (Å²) in [6.45, 7) is 8.31. The summed E-state index contributed by atoms with van der Waals surface area (Å²) in [5.74, 6) is 6.77. The van der Waals surface area contributed by atoms with Crippen LogP contribution in [0, 0.1) is 6.92 Å². The number of nitrogens with two attached hydrogens (primary N) is 1. The monoisotopic (exact) mass is 290 g/mol. The van der Waals surface area contributed by atoms with E-state index >= 15 is 0 Å². The van der Waals surface area contributed by atoms with Crippen molar-refractivity contribution in [2.24, 2.45) is 5.84 Å². The minimum Gasteiger partial charge on any atom is -0.308 e. The van der Waals surface area contributed by atoms with Crippen LogP contribution in [0.2, 0.25) is 5.02 Å². The molecule has 0 saturated carbocycles. The zero-order valence-corrected chi connectivity index (χ0v) is 12.9. The SMILES string of the molecule is Cc1cc(Cl)ccc1-c1nc(NN)cc(C(C)(C)C)n1. The highest BCUT2D eigenvalue weighted by atomic mass is 35.5. The molecule has 0 aliphatic heterocycles. The molecular weight excluding hydrogens is 272 g/mol. The van der Waals surface area contributed by atoms with E-state index in [0.717, 1.165) is 16.8 Å². The predicted molar refractivity (Wildman–Crippen MR) is 83.7 cm³/mol. The maximum absolute atomic E-state index is 5.99. The second-order valence-electron chi connectivity index (χ2n) is 5.82. The van der Waals surface area contributed by atoms with Gasteiger partial charge < -0.3 is 5.43 Å². The highest BCUT2D eigenvalue weighted by Crippen LogP contribution is 2.28. The lowest BCUT2D eigenvalue weighted by molar-refractivity contribution is 0.568. The molecule has 0 saturated heterocycles. The lowest BCUT2D eigenvalue weighted by atomic mass is 9.91. The van der Waals surface area contributed by atoms with Crippen molar-refractivity contribution in [1.82, 2.24) is 9.97 Å². The summed E-state index contributed by atoms with van der Waals surface area (Å²) in [5.41, 5.74) is 5.45. The summed E-state index contributed by atoms with van der Waals surface area (Å²) in [4.78, 5) is 9.10. The number of nitrogens with zero attached hydrogens (tertiary/aromatic N) is 2. The van der Waals surface area contributed by atoms with Crippen LogP contribution in [0.15, 0.2) is 24.3 Å². The standard InChI is InChI=1S/C15H19ClN4/c1-9-7-10(16)5-6-11(9)14-18-12(15(2,3)4)8-13(19-14)20-17/h5-8H,17H2,1-4H3,(H,18,19,20). The van der Waals surface area contributed by atoms with Crippen LogP contribution in [0.5, 0.6) is 0 Å². The highest BCUT2D eigenvalue weighted by Gasteiger charge is 2.19. The molecule has 0 atom stereocenters. The van der Waals surface area contributed by atoms with Gasteiger partial charge in [0.05, 0.1) is 5.69 Å². The second kappa shape index (κ2) is 5.38. The number of aryl methyl sites for hydroxylation is 1. The van der Waals surface area contributed by atoms with Gasteiger partial charge in [-0.3, -0.25) is 0 Å². The average molecular weight is 291 g/mol. The molecule has 3 N–H and O–H groups in total.